The molecule has 2 amide bonds. The third-order valence-electron chi connectivity index (χ3n) is 1.73. The second-order valence-corrected chi connectivity index (χ2v) is 3.13. The van der Waals surface area contributed by atoms with Gasteiger partial charge in [-0.2, -0.15) is 5.21 Å². The summed E-state index contributed by atoms with van der Waals surface area (Å²) in [5, 5.41) is 31.9. The Bertz CT molecular complexity index is 416. The number of urea groups is 1. The van der Waals surface area contributed by atoms with E-state index in [9.17, 15) is 14.4 Å². The van der Waals surface area contributed by atoms with Crippen LogP contribution in [0, 0.1) is 0 Å². The molecular weight excluding hydrogens is 248 g/mol. The van der Waals surface area contributed by atoms with Crippen molar-refractivity contribution in [1.82, 2.24) is 30.8 Å². The Morgan fingerprint density at radius 2 is 1.83 bits per heavy atom. The van der Waals surface area contributed by atoms with Gasteiger partial charge in [0, 0.05) is 0 Å². The minimum Gasteiger partial charge on any atom is -0.480 e. The average Bonchev–Trinajstić information content (AvgIpc) is 2.76. The van der Waals surface area contributed by atoms with Gasteiger partial charge in [0.2, 0.25) is 0 Å². The van der Waals surface area contributed by atoms with E-state index in [0.717, 1.165) is 0 Å². The van der Waals surface area contributed by atoms with Gasteiger partial charge in [-0.1, -0.05) is 5.21 Å². The van der Waals surface area contributed by atoms with Gasteiger partial charge in [-0.3, -0.25) is 9.59 Å². The van der Waals surface area contributed by atoms with Gasteiger partial charge in [0.25, 0.3) is 0 Å². The monoisotopic (exact) mass is 258 g/mol. The molecule has 0 fully saturated rings. The lowest BCUT2D eigenvalue weighted by Gasteiger charge is -2.18. The third-order valence-corrected chi connectivity index (χ3v) is 1.73. The molecule has 0 aliphatic rings. The number of aromatic amines is 1. The molecule has 1 aromatic heterocycles. The lowest BCUT2D eigenvalue weighted by atomic mass is 10.5. The lowest BCUT2D eigenvalue weighted by molar-refractivity contribution is -0.140. The van der Waals surface area contributed by atoms with Crippen LogP contribution < -0.4 is 5.32 Å². The molecule has 4 N–H and O–H groups in total. The lowest BCUT2D eigenvalue weighted by Crippen LogP contribution is -2.45. The van der Waals surface area contributed by atoms with Crippen LogP contribution in [-0.2, 0) is 16.1 Å². The molecule has 0 aliphatic carbocycles. The largest absolute Gasteiger partial charge is 0.480 e. The minimum atomic E-state index is -1.31. The summed E-state index contributed by atoms with van der Waals surface area (Å²) in [5.74, 6) is -2.44. The standard InChI is InChI=1S/C7H10N6O5/c14-5(15)2-13(3-6(16)17)7(18)8-1-4-9-11-12-10-4/h1-3H2,(H,8,18)(H,14,15)(H,16,17)(H,9,10,11,12). The average molecular weight is 258 g/mol. The predicted octanol–water partition coefficient (Wildman–Crippen LogP) is -2.12. The summed E-state index contributed by atoms with van der Waals surface area (Å²) in [5.41, 5.74) is 0. The number of tetrazole rings is 1. The molecule has 0 aromatic carbocycles. The summed E-state index contributed by atoms with van der Waals surface area (Å²) in [6, 6.07) is -0.843. The summed E-state index contributed by atoms with van der Waals surface area (Å²) in [6.45, 7) is -1.53. The van der Waals surface area contributed by atoms with Crippen molar-refractivity contribution in [3.8, 4) is 0 Å². The number of nitrogens with zero attached hydrogens (tertiary/aromatic N) is 4. The highest BCUT2D eigenvalue weighted by atomic mass is 16.4. The number of carbonyl (C=O) groups excluding carboxylic acids is 1. The fourth-order valence-corrected chi connectivity index (χ4v) is 1.05. The SMILES string of the molecule is O=C(O)CN(CC(=O)O)C(=O)NCc1nn[nH]n1. The van der Waals surface area contributed by atoms with E-state index in [1.165, 1.54) is 0 Å². The Kier molecular flexibility index (Phi) is 4.54. The maximum absolute atomic E-state index is 11.5. The van der Waals surface area contributed by atoms with Crippen molar-refractivity contribution in [2.24, 2.45) is 0 Å². The highest BCUT2D eigenvalue weighted by Crippen LogP contribution is 1.92. The number of carboxylic acid groups (broad SMARTS) is 2. The number of hydrogen-bond acceptors (Lipinski definition) is 6. The van der Waals surface area contributed by atoms with E-state index in [-0.39, 0.29) is 12.4 Å². The second-order valence-electron chi connectivity index (χ2n) is 3.13. The molecule has 11 nitrogen and oxygen atoms in total. The molecule has 18 heavy (non-hydrogen) atoms. The molecule has 1 rings (SSSR count). The molecule has 0 bridgehead atoms. The van der Waals surface area contributed by atoms with Crippen LogP contribution in [0.25, 0.3) is 0 Å². The minimum absolute atomic E-state index is 0.0922. The van der Waals surface area contributed by atoms with Gasteiger partial charge >= 0.3 is 18.0 Å². The molecule has 0 atom stereocenters. The van der Waals surface area contributed by atoms with E-state index < -0.39 is 31.1 Å². The van der Waals surface area contributed by atoms with Crippen LogP contribution >= 0.6 is 0 Å². The molecule has 0 unspecified atom stereocenters. The first-order valence-corrected chi connectivity index (χ1v) is 4.67. The first kappa shape index (κ1) is 13.3. The van der Waals surface area contributed by atoms with Crippen LogP contribution in [0.4, 0.5) is 4.79 Å². The van der Waals surface area contributed by atoms with E-state index in [1.54, 1.807) is 0 Å². The van der Waals surface area contributed by atoms with E-state index in [4.69, 9.17) is 10.2 Å². The van der Waals surface area contributed by atoms with Crippen molar-refractivity contribution < 1.29 is 24.6 Å². The van der Waals surface area contributed by atoms with Crippen molar-refractivity contribution >= 4 is 18.0 Å². The number of carbonyl (C=O) groups is 3. The Morgan fingerprint density at radius 3 is 2.28 bits per heavy atom. The highest BCUT2D eigenvalue weighted by molar-refractivity contribution is 5.83. The van der Waals surface area contributed by atoms with E-state index in [2.05, 4.69) is 25.9 Å². The number of amides is 2. The number of rotatable bonds is 6. The molecular formula is C7H10N6O5. The topological polar surface area (TPSA) is 161 Å². The van der Waals surface area contributed by atoms with Gasteiger partial charge in [-0.15, -0.1) is 10.2 Å². The van der Waals surface area contributed by atoms with Crippen LogP contribution in [0.15, 0.2) is 0 Å². The van der Waals surface area contributed by atoms with Crippen LogP contribution in [0.1, 0.15) is 5.82 Å². The number of aromatic nitrogens is 4. The Balaban J connectivity index is 2.52. The second kappa shape index (κ2) is 6.12. The first-order chi connectivity index (χ1) is 8.49. The fourth-order valence-electron chi connectivity index (χ4n) is 1.05. The summed E-state index contributed by atoms with van der Waals surface area (Å²) in [7, 11) is 0. The number of H-pyrrole nitrogens is 1. The highest BCUT2D eigenvalue weighted by Gasteiger charge is 2.19. The third kappa shape index (κ3) is 4.42. The van der Waals surface area contributed by atoms with Crippen molar-refractivity contribution in [2.45, 2.75) is 6.54 Å². The summed E-state index contributed by atoms with van der Waals surface area (Å²) in [4.78, 5) is 33.1. The zero-order valence-corrected chi connectivity index (χ0v) is 9.03. The predicted molar refractivity (Wildman–Crippen MR) is 53.3 cm³/mol. The number of hydrogen-bond donors (Lipinski definition) is 4. The fraction of sp³-hybridized carbons (Fsp3) is 0.429. The molecule has 0 aliphatic heterocycles. The Labute approximate surface area is 99.8 Å². The number of nitrogens with one attached hydrogen (secondary N) is 2. The molecule has 0 spiro atoms. The molecule has 1 heterocycles. The van der Waals surface area contributed by atoms with Gasteiger partial charge in [-0.25, -0.2) is 4.79 Å². The van der Waals surface area contributed by atoms with Gasteiger partial charge < -0.3 is 20.4 Å². The Morgan fingerprint density at radius 1 is 1.22 bits per heavy atom. The van der Waals surface area contributed by atoms with Crippen LogP contribution in [0.2, 0.25) is 0 Å². The zero-order valence-electron chi connectivity index (χ0n) is 9.03. The summed E-state index contributed by atoms with van der Waals surface area (Å²) in [6.07, 6.45) is 0. The maximum atomic E-state index is 11.5. The van der Waals surface area contributed by atoms with Gasteiger partial charge in [-0.05, 0) is 0 Å². The van der Waals surface area contributed by atoms with E-state index >= 15 is 0 Å². The van der Waals surface area contributed by atoms with Crippen LogP contribution in [-0.4, -0.2) is 66.8 Å². The number of aliphatic carboxylic acids is 2. The van der Waals surface area contributed by atoms with Crippen LogP contribution in [0.5, 0.6) is 0 Å². The smallest absolute Gasteiger partial charge is 0.323 e. The normalized spacial score (nSPS) is 9.78. The molecule has 11 heteroatoms. The summed E-state index contributed by atoms with van der Waals surface area (Å²) >= 11 is 0. The van der Waals surface area contributed by atoms with Crippen molar-refractivity contribution in [2.75, 3.05) is 13.1 Å². The van der Waals surface area contributed by atoms with E-state index in [1.807, 2.05) is 0 Å². The summed E-state index contributed by atoms with van der Waals surface area (Å²) < 4.78 is 0. The van der Waals surface area contributed by atoms with E-state index in [0.29, 0.717) is 4.90 Å². The van der Waals surface area contributed by atoms with Crippen LogP contribution in [0.3, 0.4) is 0 Å². The first-order valence-electron chi connectivity index (χ1n) is 4.67. The van der Waals surface area contributed by atoms with Crippen molar-refractivity contribution in [1.29, 1.82) is 0 Å². The number of carboxylic acids is 2. The van der Waals surface area contributed by atoms with Gasteiger partial charge in [0.1, 0.15) is 13.1 Å². The molecule has 1 aromatic rings. The molecule has 0 saturated heterocycles. The van der Waals surface area contributed by atoms with Gasteiger partial charge in [0.15, 0.2) is 5.82 Å². The molecule has 98 valence electrons. The van der Waals surface area contributed by atoms with Crippen molar-refractivity contribution in [3.63, 3.8) is 0 Å². The maximum Gasteiger partial charge on any atom is 0.323 e. The quantitative estimate of drug-likeness (QED) is 0.450. The van der Waals surface area contributed by atoms with Crippen molar-refractivity contribution in [3.05, 3.63) is 5.82 Å². The molecule has 0 saturated carbocycles. The molecule has 0 radical (unpaired) electrons. The Hall–Kier alpha value is -2.72. The van der Waals surface area contributed by atoms with Gasteiger partial charge in [0.05, 0.1) is 6.54 Å². The zero-order chi connectivity index (χ0) is 13.5.